The van der Waals surface area contributed by atoms with Crippen LogP contribution in [0.5, 0.6) is 0 Å². The van der Waals surface area contributed by atoms with E-state index in [-0.39, 0.29) is 30.6 Å². The lowest BCUT2D eigenvalue weighted by molar-refractivity contribution is -0.141. The van der Waals surface area contributed by atoms with Crippen molar-refractivity contribution < 1.29 is 19.1 Å². The summed E-state index contributed by atoms with van der Waals surface area (Å²) >= 11 is 0. The molecule has 0 aromatic heterocycles. The van der Waals surface area contributed by atoms with Gasteiger partial charge in [-0.15, -0.1) is 0 Å². The van der Waals surface area contributed by atoms with E-state index in [4.69, 9.17) is 5.11 Å². The number of anilines is 1. The number of aliphatic carboxylic acids is 1. The van der Waals surface area contributed by atoms with Gasteiger partial charge in [0, 0.05) is 31.2 Å². The molecule has 1 aromatic carbocycles. The minimum absolute atomic E-state index is 0.0609. The Morgan fingerprint density at radius 2 is 1.81 bits per heavy atom. The molecular weight excluding hydrogens is 275 g/mol. The van der Waals surface area contributed by atoms with Gasteiger partial charge in [0.05, 0.1) is 6.42 Å². The van der Waals surface area contributed by atoms with Gasteiger partial charge in [-0.05, 0) is 37.1 Å². The van der Waals surface area contributed by atoms with Crippen LogP contribution < -0.4 is 5.32 Å². The smallest absolute Gasteiger partial charge is 0.303 e. The molecule has 1 aromatic rings. The first kappa shape index (κ1) is 15.3. The molecule has 5 nitrogen and oxygen atoms in total. The van der Waals surface area contributed by atoms with Gasteiger partial charge in [0.2, 0.25) is 5.91 Å². The van der Waals surface area contributed by atoms with Gasteiger partial charge in [0.25, 0.3) is 0 Å². The van der Waals surface area contributed by atoms with Gasteiger partial charge < -0.3 is 15.3 Å². The normalized spacial score (nSPS) is 15.8. The molecule has 0 spiro atoms. The molecule has 6 heteroatoms. The van der Waals surface area contributed by atoms with Crippen LogP contribution in [-0.4, -0.2) is 41.0 Å². The highest BCUT2D eigenvalue weighted by Crippen LogP contribution is 2.17. The van der Waals surface area contributed by atoms with Crippen LogP contribution in [0.4, 0.5) is 10.1 Å². The van der Waals surface area contributed by atoms with Crippen molar-refractivity contribution in [1.29, 1.82) is 0 Å². The highest BCUT2D eigenvalue weighted by molar-refractivity contribution is 5.80. The number of likely N-dealkylation sites (tertiary alicyclic amines) is 1. The largest absolute Gasteiger partial charge is 0.481 e. The van der Waals surface area contributed by atoms with Crippen LogP contribution in [0.25, 0.3) is 0 Å². The Kier molecular flexibility index (Phi) is 5.14. The summed E-state index contributed by atoms with van der Waals surface area (Å²) in [4.78, 5) is 24.0. The number of carboxylic acids is 1. The first-order valence-corrected chi connectivity index (χ1v) is 7.06. The molecule has 2 N–H and O–H groups in total. The molecule has 0 aliphatic carbocycles. The molecule has 0 radical (unpaired) electrons. The summed E-state index contributed by atoms with van der Waals surface area (Å²) in [7, 11) is 0. The molecule has 21 heavy (non-hydrogen) atoms. The molecule has 0 bridgehead atoms. The van der Waals surface area contributed by atoms with E-state index in [9.17, 15) is 14.0 Å². The lowest BCUT2D eigenvalue weighted by Crippen LogP contribution is -2.42. The Balaban J connectivity index is 1.76. The van der Waals surface area contributed by atoms with Crippen molar-refractivity contribution in [2.45, 2.75) is 31.7 Å². The fraction of sp³-hybridized carbons (Fsp3) is 0.467. The van der Waals surface area contributed by atoms with Crippen LogP contribution in [0.2, 0.25) is 0 Å². The fourth-order valence-electron chi connectivity index (χ4n) is 2.43. The average Bonchev–Trinajstić information content (AvgIpc) is 2.48. The monoisotopic (exact) mass is 294 g/mol. The molecule has 1 aliphatic rings. The predicted molar refractivity (Wildman–Crippen MR) is 76.5 cm³/mol. The number of rotatable bonds is 5. The Bertz CT molecular complexity index is 496. The summed E-state index contributed by atoms with van der Waals surface area (Å²) in [6, 6.07) is 6.46. The van der Waals surface area contributed by atoms with Crippen LogP contribution in [-0.2, 0) is 9.59 Å². The number of halogens is 1. The summed E-state index contributed by atoms with van der Waals surface area (Å²) in [6.45, 7) is 1.24. The van der Waals surface area contributed by atoms with Gasteiger partial charge in [0.15, 0.2) is 0 Å². The Morgan fingerprint density at radius 1 is 1.19 bits per heavy atom. The zero-order valence-electron chi connectivity index (χ0n) is 11.7. The maximum Gasteiger partial charge on any atom is 0.303 e. The van der Waals surface area contributed by atoms with Gasteiger partial charge >= 0.3 is 5.97 Å². The third-order valence-electron chi connectivity index (χ3n) is 3.62. The molecule has 1 saturated heterocycles. The number of amides is 1. The van der Waals surface area contributed by atoms with Crippen molar-refractivity contribution in [3.63, 3.8) is 0 Å². The SMILES string of the molecule is O=C(O)CCC(=O)N1CCC(Nc2ccc(F)cc2)CC1. The minimum Gasteiger partial charge on any atom is -0.481 e. The topological polar surface area (TPSA) is 69.6 Å². The van der Waals surface area contributed by atoms with E-state index in [0.29, 0.717) is 13.1 Å². The van der Waals surface area contributed by atoms with Gasteiger partial charge in [-0.2, -0.15) is 0 Å². The maximum atomic E-state index is 12.8. The number of carbonyl (C=O) groups excluding carboxylic acids is 1. The van der Waals surface area contributed by atoms with Crippen molar-refractivity contribution in [2.75, 3.05) is 18.4 Å². The van der Waals surface area contributed by atoms with Gasteiger partial charge in [-0.25, -0.2) is 4.39 Å². The summed E-state index contributed by atoms with van der Waals surface area (Å²) in [5, 5.41) is 11.9. The lowest BCUT2D eigenvalue weighted by atomic mass is 10.0. The molecule has 0 unspecified atom stereocenters. The number of nitrogens with zero attached hydrogens (tertiary/aromatic N) is 1. The molecule has 1 heterocycles. The van der Waals surface area contributed by atoms with E-state index in [1.165, 1.54) is 12.1 Å². The van der Waals surface area contributed by atoms with Crippen molar-refractivity contribution in [1.82, 2.24) is 4.90 Å². The van der Waals surface area contributed by atoms with Crippen LogP contribution in [0.3, 0.4) is 0 Å². The second-order valence-electron chi connectivity index (χ2n) is 5.20. The third-order valence-corrected chi connectivity index (χ3v) is 3.62. The summed E-state index contributed by atoms with van der Waals surface area (Å²) in [6.07, 6.45) is 1.55. The number of benzene rings is 1. The average molecular weight is 294 g/mol. The van der Waals surface area contributed by atoms with Crippen LogP contribution >= 0.6 is 0 Å². The number of hydrogen-bond acceptors (Lipinski definition) is 3. The summed E-state index contributed by atoms with van der Waals surface area (Å²) in [5.41, 5.74) is 0.868. The highest BCUT2D eigenvalue weighted by Gasteiger charge is 2.22. The van der Waals surface area contributed by atoms with Crippen molar-refractivity contribution >= 4 is 17.6 Å². The second-order valence-corrected chi connectivity index (χ2v) is 5.20. The first-order chi connectivity index (χ1) is 10.0. The third kappa shape index (κ3) is 4.73. The predicted octanol–water partition coefficient (Wildman–Crippen LogP) is 2.09. The molecular formula is C15H19FN2O3. The Hall–Kier alpha value is -2.11. The lowest BCUT2D eigenvalue weighted by Gasteiger charge is -2.33. The zero-order valence-corrected chi connectivity index (χ0v) is 11.7. The van der Waals surface area contributed by atoms with Crippen molar-refractivity contribution in [3.05, 3.63) is 30.1 Å². The van der Waals surface area contributed by atoms with E-state index in [0.717, 1.165) is 18.5 Å². The number of carbonyl (C=O) groups is 2. The number of piperidine rings is 1. The number of nitrogens with one attached hydrogen (secondary N) is 1. The molecule has 1 fully saturated rings. The fourth-order valence-corrected chi connectivity index (χ4v) is 2.43. The molecule has 1 aliphatic heterocycles. The molecule has 0 atom stereocenters. The Morgan fingerprint density at radius 3 is 2.38 bits per heavy atom. The number of hydrogen-bond donors (Lipinski definition) is 2. The Labute approximate surface area is 122 Å². The van der Waals surface area contributed by atoms with E-state index < -0.39 is 5.97 Å². The van der Waals surface area contributed by atoms with Crippen LogP contribution in [0.1, 0.15) is 25.7 Å². The second kappa shape index (κ2) is 7.06. The van der Waals surface area contributed by atoms with Crippen LogP contribution in [0.15, 0.2) is 24.3 Å². The minimum atomic E-state index is -0.948. The van der Waals surface area contributed by atoms with Crippen molar-refractivity contribution in [3.8, 4) is 0 Å². The quantitative estimate of drug-likeness (QED) is 0.872. The van der Waals surface area contributed by atoms with Gasteiger partial charge in [-0.3, -0.25) is 9.59 Å². The van der Waals surface area contributed by atoms with Gasteiger partial charge in [0.1, 0.15) is 5.82 Å². The molecule has 114 valence electrons. The molecule has 2 rings (SSSR count). The zero-order chi connectivity index (χ0) is 15.2. The first-order valence-electron chi connectivity index (χ1n) is 7.06. The van der Waals surface area contributed by atoms with E-state index in [1.54, 1.807) is 17.0 Å². The molecule has 1 amide bonds. The van der Waals surface area contributed by atoms with Gasteiger partial charge in [-0.1, -0.05) is 0 Å². The number of carboxylic acid groups (broad SMARTS) is 1. The maximum absolute atomic E-state index is 12.8. The standard InChI is InChI=1S/C15H19FN2O3/c16-11-1-3-12(4-2-11)17-13-7-9-18(10-8-13)14(19)5-6-15(20)21/h1-4,13,17H,5-10H2,(H,20,21). The highest BCUT2D eigenvalue weighted by atomic mass is 19.1. The van der Waals surface area contributed by atoms with E-state index in [2.05, 4.69) is 5.32 Å². The summed E-state index contributed by atoms with van der Waals surface area (Å²) < 4.78 is 12.8. The van der Waals surface area contributed by atoms with E-state index >= 15 is 0 Å². The summed E-state index contributed by atoms with van der Waals surface area (Å²) in [5.74, 6) is -1.31. The van der Waals surface area contributed by atoms with Crippen LogP contribution in [0, 0.1) is 5.82 Å². The van der Waals surface area contributed by atoms with E-state index in [1.807, 2.05) is 0 Å². The molecule has 0 saturated carbocycles. The van der Waals surface area contributed by atoms with Crippen molar-refractivity contribution in [2.24, 2.45) is 0 Å².